The fraction of sp³-hybridized carbons (Fsp3) is 0.154. The molecule has 7 nitrogen and oxygen atoms in total. The van der Waals surface area contributed by atoms with Gasteiger partial charge in [0.15, 0.2) is 0 Å². The topological polar surface area (TPSA) is 117 Å². The standard InChI is InChI=1S/C13H13ClN4O3/c1-21-8-4-2-7(3-5-8)6-9-10(15)11(18(19)20)13(16)17-12(9)14/h2-5H,6H2,1H3,(H4,15,16,17). The molecule has 0 amide bonds. The maximum absolute atomic E-state index is 11.0. The van der Waals surface area contributed by atoms with Crippen LogP contribution in [0.15, 0.2) is 24.3 Å². The molecule has 4 N–H and O–H groups in total. The zero-order chi connectivity index (χ0) is 15.6. The summed E-state index contributed by atoms with van der Waals surface area (Å²) in [4.78, 5) is 14.1. The van der Waals surface area contributed by atoms with Gasteiger partial charge in [-0.05, 0) is 17.7 Å². The molecule has 0 spiro atoms. The molecule has 1 heterocycles. The van der Waals surface area contributed by atoms with Gasteiger partial charge in [0.25, 0.3) is 0 Å². The third kappa shape index (κ3) is 2.97. The molecule has 0 fully saturated rings. The minimum atomic E-state index is -0.661. The highest BCUT2D eigenvalue weighted by atomic mass is 35.5. The van der Waals surface area contributed by atoms with Crippen LogP contribution >= 0.6 is 11.6 Å². The largest absolute Gasteiger partial charge is 0.497 e. The van der Waals surface area contributed by atoms with Gasteiger partial charge in [-0.2, -0.15) is 0 Å². The van der Waals surface area contributed by atoms with Crippen LogP contribution in [0.2, 0.25) is 5.15 Å². The summed E-state index contributed by atoms with van der Waals surface area (Å²) in [5.74, 6) is 0.417. The van der Waals surface area contributed by atoms with Gasteiger partial charge < -0.3 is 16.2 Å². The van der Waals surface area contributed by atoms with Crippen molar-refractivity contribution >= 4 is 28.8 Å². The molecule has 0 unspecified atom stereocenters. The molecule has 21 heavy (non-hydrogen) atoms. The summed E-state index contributed by atoms with van der Waals surface area (Å²) in [7, 11) is 1.57. The number of aromatic nitrogens is 1. The Kier molecular flexibility index (Phi) is 4.13. The number of benzene rings is 1. The van der Waals surface area contributed by atoms with E-state index in [1.165, 1.54) is 0 Å². The average molecular weight is 309 g/mol. The van der Waals surface area contributed by atoms with Crippen LogP contribution in [0.3, 0.4) is 0 Å². The number of nitrogens with two attached hydrogens (primary N) is 2. The minimum absolute atomic E-state index is 0.0615. The van der Waals surface area contributed by atoms with Crippen LogP contribution in [0.5, 0.6) is 5.75 Å². The Balaban J connectivity index is 2.43. The first-order valence-corrected chi connectivity index (χ1v) is 6.32. The van der Waals surface area contributed by atoms with Crippen LogP contribution in [-0.4, -0.2) is 17.0 Å². The Bertz CT molecular complexity index is 689. The van der Waals surface area contributed by atoms with E-state index >= 15 is 0 Å². The molecule has 0 radical (unpaired) electrons. The number of hydrogen-bond donors (Lipinski definition) is 2. The lowest BCUT2D eigenvalue weighted by Crippen LogP contribution is -2.07. The van der Waals surface area contributed by atoms with Crippen LogP contribution in [-0.2, 0) is 6.42 Å². The van der Waals surface area contributed by atoms with E-state index in [2.05, 4.69) is 4.98 Å². The number of ether oxygens (including phenoxy) is 1. The van der Waals surface area contributed by atoms with Crippen LogP contribution in [0, 0.1) is 10.1 Å². The smallest absolute Gasteiger partial charge is 0.334 e. The Morgan fingerprint density at radius 3 is 2.48 bits per heavy atom. The number of nitrogen functional groups attached to an aromatic ring is 2. The first kappa shape index (κ1) is 14.9. The van der Waals surface area contributed by atoms with E-state index in [4.69, 9.17) is 27.8 Å². The van der Waals surface area contributed by atoms with Crippen LogP contribution < -0.4 is 16.2 Å². The molecular weight excluding hydrogens is 296 g/mol. The maximum Gasteiger partial charge on any atom is 0.334 e. The van der Waals surface area contributed by atoms with Gasteiger partial charge in [0.05, 0.1) is 12.0 Å². The van der Waals surface area contributed by atoms with Gasteiger partial charge in [-0.15, -0.1) is 0 Å². The van der Waals surface area contributed by atoms with Crippen LogP contribution in [0.25, 0.3) is 0 Å². The third-order valence-corrected chi connectivity index (χ3v) is 3.33. The van der Waals surface area contributed by atoms with E-state index in [1.54, 1.807) is 19.2 Å². The lowest BCUT2D eigenvalue weighted by atomic mass is 10.0. The predicted octanol–water partition coefficient (Wildman–Crippen LogP) is 2.41. The first-order valence-electron chi connectivity index (χ1n) is 5.94. The number of rotatable bonds is 4. The molecule has 0 atom stereocenters. The number of halogens is 1. The second kappa shape index (κ2) is 5.84. The van der Waals surface area contributed by atoms with Crippen molar-refractivity contribution in [2.24, 2.45) is 0 Å². The molecule has 1 aromatic heterocycles. The van der Waals surface area contributed by atoms with Gasteiger partial charge >= 0.3 is 5.69 Å². The van der Waals surface area contributed by atoms with Gasteiger partial charge in [0, 0.05) is 12.0 Å². The van der Waals surface area contributed by atoms with Gasteiger partial charge in [-0.1, -0.05) is 23.7 Å². The molecule has 2 aromatic rings. The number of pyridine rings is 1. The molecule has 8 heteroatoms. The van der Waals surface area contributed by atoms with Crippen molar-refractivity contribution in [3.63, 3.8) is 0 Å². The summed E-state index contributed by atoms with van der Waals surface area (Å²) in [6.07, 6.45) is 0.308. The summed E-state index contributed by atoms with van der Waals surface area (Å²) in [6, 6.07) is 7.19. The van der Waals surface area contributed by atoms with Crippen molar-refractivity contribution in [1.29, 1.82) is 0 Å². The lowest BCUT2D eigenvalue weighted by molar-refractivity contribution is -0.383. The van der Waals surface area contributed by atoms with Crippen LogP contribution in [0.4, 0.5) is 17.2 Å². The zero-order valence-electron chi connectivity index (χ0n) is 11.2. The minimum Gasteiger partial charge on any atom is -0.497 e. The number of nitrogens with zero attached hydrogens (tertiary/aromatic N) is 2. The maximum atomic E-state index is 11.0. The molecule has 0 aliphatic carbocycles. The number of hydrogen-bond acceptors (Lipinski definition) is 6. The van der Waals surface area contributed by atoms with Gasteiger partial charge in [-0.25, -0.2) is 4.98 Å². The predicted molar refractivity (Wildman–Crippen MR) is 80.5 cm³/mol. The van der Waals surface area contributed by atoms with Gasteiger partial charge in [-0.3, -0.25) is 10.1 Å². The summed E-state index contributed by atoms with van der Waals surface area (Å²) in [6.45, 7) is 0. The first-order chi connectivity index (χ1) is 9.93. The van der Waals surface area contributed by atoms with E-state index in [0.717, 1.165) is 5.56 Å². The van der Waals surface area contributed by atoms with Crippen molar-refractivity contribution in [3.05, 3.63) is 50.7 Å². The van der Waals surface area contributed by atoms with E-state index in [1.807, 2.05) is 12.1 Å². The molecule has 0 bridgehead atoms. The summed E-state index contributed by atoms with van der Waals surface area (Å²) in [5.41, 5.74) is 12.1. The summed E-state index contributed by atoms with van der Waals surface area (Å²) >= 11 is 6.00. The Labute approximate surface area is 125 Å². The molecule has 2 rings (SSSR count). The highest BCUT2D eigenvalue weighted by Gasteiger charge is 2.24. The van der Waals surface area contributed by atoms with E-state index in [9.17, 15) is 10.1 Å². The average Bonchev–Trinajstić information content (AvgIpc) is 2.43. The zero-order valence-corrected chi connectivity index (χ0v) is 11.9. The fourth-order valence-corrected chi connectivity index (χ4v) is 2.19. The second-order valence-corrected chi connectivity index (χ2v) is 4.67. The monoisotopic (exact) mass is 308 g/mol. The highest BCUT2D eigenvalue weighted by Crippen LogP contribution is 2.35. The quantitative estimate of drug-likeness (QED) is 0.509. The normalized spacial score (nSPS) is 10.4. The lowest BCUT2D eigenvalue weighted by Gasteiger charge is -2.10. The van der Waals surface area contributed by atoms with Crippen molar-refractivity contribution in [1.82, 2.24) is 4.98 Å². The molecule has 110 valence electrons. The van der Waals surface area contributed by atoms with Crippen molar-refractivity contribution in [2.45, 2.75) is 6.42 Å². The second-order valence-electron chi connectivity index (χ2n) is 4.31. The Morgan fingerprint density at radius 2 is 1.95 bits per heavy atom. The van der Waals surface area contributed by atoms with Crippen molar-refractivity contribution in [3.8, 4) is 5.75 Å². The molecule has 0 aliphatic heterocycles. The summed E-state index contributed by atoms with van der Waals surface area (Å²) in [5, 5.41) is 11.0. The van der Waals surface area contributed by atoms with E-state index in [-0.39, 0.29) is 16.7 Å². The van der Waals surface area contributed by atoms with Crippen LogP contribution in [0.1, 0.15) is 11.1 Å². The number of nitro groups is 1. The van der Waals surface area contributed by atoms with Gasteiger partial charge in [0.1, 0.15) is 16.6 Å². The van der Waals surface area contributed by atoms with Crippen molar-refractivity contribution < 1.29 is 9.66 Å². The third-order valence-electron chi connectivity index (χ3n) is 3.01. The molecule has 0 saturated heterocycles. The fourth-order valence-electron chi connectivity index (χ4n) is 1.93. The Morgan fingerprint density at radius 1 is 1.33 bits per heavy atom. The SMILES string of the molecule is COc1ccc(Cc2c(Cl)nc(N)c([N+](=O)[O-])c2N)cc1. The van der Waals surface area contributed by atoms with Crippen molar-refractivity contribution in [2.75, 3.05) is 18.6 Å². The molecule has 0 aliphatic rings. The number of methoxy groups -OCH3 is 1. The molecular formula is C13H13ClN4O3. The van der Waals surface area contributed by atoms with Gasteiger partial charge in [0.2, 0.25) is 5.82 Å². The molecule has 0 saturated carbocycles. The molecule has 1 aromatic carbocycles. The van der Waals surface area contributed by atoms with E-state index < -0.39 is 10.6 Å². The summed E-state index contributed by atoms with van der Waals surface area (Å²) < 4.78 is 5.06. The van der Waals surface area contributed by atoms with E-state index in [0.29, 0.717) is 17.7 Å². The number of anilines is 2. The Hall–Kier alpha value is -2.54. The highest BCUT2D eigenvalue weighted by molar-refractivity contribution is 6.31.